The number of ether oxygens (including phenoxy) is 3. The monoisotopic (exact) mass is 251 g/mol. The van der Waals surface area contributed by atoms with E-state index in [0.717, 1.165) is 0 Å². The molecule has 100 valence electrons. The fourth-order valence-electron chi connectivity index (χ4n) is 2.03. The van der Waals surface area contributed by atoms with Crippen molar-refractivity contribution in [2.45, 2.75) is 30.8 Å². The molecule has 0 saturated carbocycles. The molecule has 2 heterocycles. The van der Waals surface area contributed by atoms with Crippen molar-refractivity contribution in [2.24, 2.45) is 0 Å². The molecule has 0 amide bonds. The number of nitrogens with zero attached hydrogens (tertiary/aromatic N) is 1. The average Bonchev–Trinajstić information content (AvgIpc) is 2.82. The Morgan fingerprint density at radius 1 is 1.12 bits per heavy atom. The third kappa shape index (κ3) is 3.33. The first-order valence-corrected chi connectivity index (χ1v) is 5.52. The molecule has 0 aromatic heterocycles. The van der Waals surface area contributed by atoms with E-state index in [1.54, 1.807) is 0 Å². The highest BCUT2D eigenvalue weighted by molar-refractivity contribution is 4.94. The topological polar surface area (TPSA) is 101 Å². The van der Waals surface area contributed by atoms with Crippen LogP contribution in [-0.4, -0.2) is 71.8 Å². The molecule has 8 nitrogen and oxygen atoms in total. The second-order valence-electron chi connectivity index (χ2n) is 4.01. The Kier molecular flexibility index (Phi) is 4.65. The van der Waals surface area contributed by atoms with Crippen LogP contribution in [0.1, 0.15) is 6.42 Å². The van der Waals surface area contributed by atoms with Gasteiger partial charge in [-0.1, -0.05) is 0 Å². The summed E-state index contributed by atoms with van der Waals surface area (Å²) in [5.41, 5.74) is 0. The number of fused-ring (bicyclic) bond motifs is 1. The number of hydrogen-bond donors (Lipinski definition) is 3. The number of rotatable bonds is 6. The molecule has 2 fully saturated rings. The van der Waals surface area contributed by atoms with Crippen molar-refractivity contribution in [3.05, 3.63) is 0 Å². The van der Waals surface area contributed by atoms with Crippen molar-refractivity contribution in [3.63, 3.8) is 0 Å². The largest absolute Gasteiger partial charge is 0.388 e. The van der Waals surface area contributed by atoms with Gasteiger partial charge in [-0.2, -0.15) is 0 Å². The summed E-state index contributed by atoms with van der Waals surface area (Å²) >= 11 is 0. The van der Waals surface area contributed by atoms with Crippen LogP contribution in [0.3, 0.4) is 0 Å². The summed E-state index contributed by atoms with van der Waals surface area (Å²) in [7, 11) is 0. The van der Waals surface area contributed by atoms with Gasteiger partial charge in [0.15, 0.2) is 0 Å². The van der Waals surface area contributed by atoms with E-state index < -0.39 is 6.10 Å². The first kappa shape index (κ1) is 13.1. The summed E-state index contributed by atoms with van der Waals surface area (Å²) in [5, 5.41) is 25.7. The second-order valence-corrected chi connectivity index (χ2v) is 4.01. The molecule has 0 aromatic carbocycles. The van der Waals surface area contributed by atoms with E-state index in [0.29, 0.717) is 19.6 Å². The van der Waals surface area contributed by atoms with Gasteiger partial charge in [-0.25, -0.2) is 0 Å². The van der Waals surface area contributed by atoms with Gasteiger partial charge in [-0.15, -0.1) is 0 Å². The van der Waals surface area contributed by atoms with Crippen LogP contribution in [0.15, 0.2) is 0 Å². The van der Waals surface area contributed by atoms with Crippen LogP contribution in [0, 0.1) is 0 Å². The number of aliphatic hydroxyl groups is 1. The van der Waals surface area contributed by atoms with Gasteiger partial charge in [0, 0.05) is 6.61 Å². The van der Waals surface area contributed by atoms with E-state index in [-0.39, 0.29) is 36.9 Å². The summed E-state index contributed by atoms with van der Waals surface area (Å²) in [5.74, 6) is 0. The lowest BCUT2D eigenvalue weighted by atomic mass is 10.1. The zero-order chi connectivity index (χ0) is 12.3. The number of aliphatic hydroxyl groups excluding tert-OH is 1. The quantitative estimate of drug-likeness (QED) is 0.405. The Bertz CT molecular complexity index is 239. The lowest BCUT2D eigenvalue weighted by molar-refractivity contribution is -0.492. The van der Waals surface area contributed by atoms with E-state index in [1.165, 1.54) is 0 Å². The van der Waals surface area contributed by atoms with Crippen LogP contribution in [0.5, 0.6) is 0 Å². The van der Waals surface area contributed by atoms with Gasteiger partial charge in [0.1, 0.15) is 24.4 Å². The van der Waals surface area contributed by atoms with Crippen molar-refractivity contribution in [1.29, 1.82) is 0 Å². The van der Waals surface area contributed by atoms with Crippen molar-refractivity contribution in [1.82, 2.24) is 5.39 Å². The standard InChI is InChI=1S/C9H17NO7/c11-6-4-15-9-7(5-16-8(6)9)14-2-1-3-17-10(12)13/h6-9,11-13H,1-5H2/t6-,7-,8-,9-/m1/s1. The van der Waals surface area contributed by atoms with Gasteiger partial charge in [0.05, 0.1) is 25.2 Å². The maximum absolute atomic E-state index is 9.50. The minimum Gasteiger partial charge on any atom is -0.388 e. The molecular formula is C9H17NO7. The zero-order valence-electron chi connectivity index (χ0n) is 9.27. The van der Waals surface area contributed by atoms with Gasteiger partial charge in [0.2, 0.25) is 0 Å². The average molecular weight is 251 g/mol. The maximum atomic E-state index is 9.50. The first-order chi connectivity index (χ1) is 8.18. The highest BCUT2D eigenvalue weighted by Gasteiger charge is 2.47. The normalized spacial score (nSPS) is 36.7. The summed E-state index contributed by atoms with van der Waals surface area (Å²) in [6, 6.07) is 0. The SMILES string of the molecule is O[C@@H]1CO[C@H]2[C@@H]1OC[C@H]2OCCCON(O)O. The van der Waals surface area contributed by atoms with E-state index >= 15 is 0 Å². The molecule has 2 rings (SSSR count). The van der Waals surface area contributed by atoms with Gasteiger partial charge < -0.3 is 19.3 Å². The molecule has 8 heteroatoms. The molecule has 0 spiro atoms. The Balaban J connectivity index is 1.61. The third-order valence-electron chi connectivity index (χ3n) is 2.81. The van der Waals surface area contributed by atoms with Crippen LogP contribution < -0.4 is 0 Å². The molecular weight excluding hydrogens is 234 g/mol. The van der Waals surface area contributed by atoms with E-state index in [1.807, 2.05) is 0 Å². The number of hydrogen-bond acceptors (Lipinski definition) is 8. The van der Waals surface area contributed by atoms with Crippen molar-refractivity contribution >= 4 is 0 Å². The molecule has 4 atom stereocenters. The van der Waals surface area contributed by atoms with Gasteiger partial charge in [0.25, 0.3) is 0 Å². The van der Waals surface area contributed by atoms with E-state index in [2.05, 4.69) is 4.84 Å². The molecule has 0 radical (unpaired) electrons. The summed E-state index contributed by atoms with van der Waals surface area (Å²) in [4.78, 5) is 4.37. The first-order valence-electron chi connectivity index (χ1n) is 5.52. The summed E-state index contributed by atoms with van der Waals surface area (Å²) in [6.45, 7) is 1.21. The highest BCUT2D eigenvalue weighted by atomic mass is 17.1. The Morgan fingerprint density at radius 3 is 2.65 bits per heavy atom. The highest BCUT2D eigenvalue weighted by Crippen LogP contribution is 2.28. The molecule has 0 bridgehead atoms. The molecule has 2 saturated heterocycles. The Hall–Kier alpha value is -0.320. The smallest absolute Gasteiger partial charge is 0.115 e. The van der Waals surface area contributed by atoms with Gasteiger partial charge in [-0.05, 0) is 6.42 Å². The lowest BCUT2D eigenvalue weighted by Gasteiger charge is -2.16. The minimum atomic E-state index is -0.575. The molecule has 17 heavy (non-hydrogen) atoms. The maximum Gasteiger partial charge on any atom is 0.115 e. The van der Waals surface area contributed by atoms with Crippen molar-refractivity contribution < 1.29 is 34.6 Å². The second kappa shape index (κ2) is 6.03. The van der Waals surface area contributed by atoms with Gasteiger partial charge in [-0.3, -0.25) is 15.3 Å². The van der Waals surface area contributed by atoms with Crippen molar-refractivity contribution in [3.8, 4) is 0 Å². The predicted octanol–water partition coefficient (Wildman–Crippen LogP) is -1.07. The molecule has 3 N–H and O–H groups in total. The van der Waals surface area contributed by atoms with Gasteiger partial charge >= 0.3 is 0 Å². The van der Waals surface area contributed by atoms with E-state index in [9.17, 15) is 5.11 Å². The van der Waals surface area contributed by atoms with Crippen molar-refractivity contribution in [2.75, 3.05) is 26.4 Å². The summed E-state index contributed by atoms with van der Waals surface area (Å²) in [6.07, 6.45) is -0.751. The Labute approximate surface area is 98.1 Å². The molecule has 2 aliphatic rings. The van der Waals surface area contributed by atoms with Crippen LogP contribution in [0.2, 0.25) is 0 Å². The van der Waals surface area contributed by atoms with Crippen LogP contribution >= 0.6 is 0 Å². The third-order valence-corrected chi connectivity index (χ3v) is 2.81. The van der Waals surface area contributed by atoms with Crippen LogP contribution in [0.4, 0.5) is 0 Å². The molecule has 0 aromatic rings. The summed E-state index contributed by atoms with van der Waals surface area (Å²) < 4.78 is 16.3. The zero-order valence-corrected chi connectivity index (χ0v) is 9.27. The minimum absolute atomic E-state index is 0.137. The fourth-order valence-corrected chi connectivity index (χ4v) is 2.03. The molecule has 2 aliphatic heterocycles. The van der Waals surface area contributed by atoms with Crippen LogP contribution in [0.25, 0.3) is 0 Å². The lowest BCUT2D eigenvalue weighted by Crippen LogP contribution is -2.33. The van der Waals surface area contributed by atoms with E-state index in [4.69, 9.17) is 24.6 Å². The predicted molar refractivity (Wildman–Crippen MR) is 51.2 cm³/mol. The molecule has 0 aliphatic carbocycles. The van der Waals surface area contributed by atoms with Crippen LogP contribution in [-0.2, 0) is 19.0 Å². The Morgan fingerprint density at radius 2 is 1.88 bits per heavy atom. The molecule has 0 unspecified atom stereocenters. The fraction of sp³-hybridized carbons (Fsp3) is 1.00.